The van der Waals surface area contributed by atoms with E-state index in [1.807, 2.05) is 62.4 Å². The second-order valence-corrected chi connectivity index (χ2v) is 8.84. The van der Waals surface area contributed by atoms with Crippen molar-refractivity contribution in [1.82, 2.24) is 0 Å². The summed E-state index contributed by atoms with van der Waals surface area (Å²) in [5.74, 6) is -1.62. The molecule has 19 heavy (non-hydrogen) atoms. The molecule has 2 rings (SSSR count). The van der Waals surface area contributed by atoms with Crippen LogP contribution >= 0.6 is 17.1 Å². The number of aryl methyl sites for hydroxylation is 2. The second-order valence-electron chi connectivity index (χ2n) is 4.24. The smallest absolute Gasteiger partial charge is 0.384 e. The summed E-state index contributed by atoms with van der Waals surface area (Å²) in [6.45, 7) is 4.01. The molecule has 0 saturated heterocycles. The molecule has 5 heteroatoms. The molecule has 0 atom stereocenters. The monoisotopic (exact) mass is 312 g/mol. The van der Waals surface area contributed by atoms with Gasteiger partial charge in [0.1, 0.15) is 11.5 Å². The van der Waals surface area contributed by atoms with E-state index in [0.29, 0.717) is 11.5 Å². The quantitative estimate of drug-likeness (QED) is 0.721. The van der Waals surface area contributed by atoms with Crippen molar-refractivity contribution < 1.29 is 9.05 Å². The summed E-state index contributed by atoms with van der Waals surface area (Å²) in [6, 6.07) is 15.1. The molecule has 2 aromatic rings. The highest BCUT2D eigenvalue weighted by atomic mass is 35.7. The third-order valence-corrected chi connectivity index (χ3v) is 4.19. The second kappa shape index (κ2) is 5.96. The summed E-state index contributed by atoms with van der Waals surface area (Å²) in [4.78, 5) is 0. The van der Waals surface area contributed by atoms with Crippen LogP contribution in [0.3, 0.4) is 0 Å². The minimum atomic E-state index is -2.86. The van der Waals surface area contributed by atoms with Crippen molar-refractivity contribution in [2.75, 3.05) is 0 Å². The van der Waals surface area contributed by atoms with E-state index >= 15 is 0 Å². The van der Waals surface area contributed by atoms with Gasteiger partial charge >= 0.3 is 5.84 Å². The van der Waals surface area contributed by atoms with Crippen LogP contribution in [0, 0.1) is 13.8 Å². The van der Waals surface area contributed by atoms with Gasteiger partial charge in [0, 0.05) is 11.8 Å². The van der Waals surface area contributed by atoms with Gasteiger partial charge in [0.05, 0.1) is 0 Å². The summed E-state index contributed by atoms with van der Waals surface area (Å²) in [5.41, 5.74) is 2.30. The molecule has 0 heterocycles. The minimum absolute atomic E-state index is 0.621. The summed E-state index contributed by atoms with van der Waals surface area (Å²) < 4.78 is 11.1. The third kappa shape index (κ3) is 4.54. The molecule has 100 valence electrons. The predicted molar refractivity (Wildman–Crippen MR) is 83.8 cm³/mol. The first-order valence-corrected chi connectivity index (χ1v) is 9.31. The molecule has 0 radical (unpaired) electrons. The van der Waals surface area contributed by atoms with Gasteiger partial charge in [-0.05, 0) is 49.4 Å². The topological polar surface area (TPSA) is 18.5 Å². The fourth-order valence-corrected chi connectivity index (χ4v) is 3.25. The highest BCUT2D eigenvalue weighted by molar-refractivity contribution is 8.22. The molecule has 0 saturated carbocycles. The normalized spacial score (nSPS) is 11.1. The molecular formula is C14H14ClO2PS. The van der Waals surface area contributed by atoms with Gasteiger partial charge in [-0.3, -0.25) is 0 Å². The average Bonchev–Trinajstić information content (AvgIpc) is 2.34. The molecule has 0 amide bonds. The molecule has 0 aliphatic rings. The van der Waals surface area contributed by atoms with Gasteiger partial charge in [-0.1, -0.05) is 35.4 Å². The van der Waals surface area contributed by atoms with Crippen LogP contribution in [0.2, 0.25) is 0 Å². The SMILES string of the molecule is Cc1ccc(OP(=S)(Cl)Oc2ccc(C)cc2)cc1. The van der Waals surface area contributed by atoms with Crippen LogP contribution in [0.5, 0.6) is 11.5 Å². The third-order valence-electron chi connectivity index (χ3n) is 2.47. The highest BCUT2D eigenvalue weighted by Crippen LogP contribution is 2.53. The Morgan fingerprint density at radius 1 is 0.789 bits per heavy atom. The van der Waals surface area contributed by atoms with Crippen LogP contribution in [-0.4, -0.2) is 0 Å². The number of hydrogen-bond acceptors (Lipinski definition) is 3. The zero-order chi connectivity index (χ0) is 13.9. The maximum atomic E-state index is 6.17. The van der Waals surface area contributed by atoms with Gasteiger partial charge in [0.25, 0.3) is 0 Å². The van der Waals surface area contributed by atoms with Crippen molar-refractivity contribution >= 4 is 28.9 Å². The lowest BCUT2D eigenvalue weighted by Crippen LogP contribution is -1.95. The van der Waals surface area contributed by atoms with Crippen molar-refractivity contribution in [3.8, 4) is 11.5 Å². The molecule has 0 aliphatic heterocycles. The first-order valence-electron chi connectivity index (χ1n) is 5.77. The van der Waals surface area contributed by atoms with E-state index in [1.54, 1.807) is 0 Å². The number of benzene rings is 2. The van der Waals surface area contributed by atoms with Gasteiger partial charge in [0.15, 0.2) is 0 Å². The Balaban J connectivity index is 2.08. The van der Waals surface area contributed by atoms with Crippen LogP contribution in [0.15, 0.2) is 48.5 Å². The van der Waals surface area contributed by atoms with E-state index in [4.69, 9.17) is 32.1 Å². The van der Waals surface area contributed by atoms with Gasteiger partial charge in [-0.2, -0.15) is 0 Å². The van der Waals surface area contributed by atoms with Crippen molar-refractivity contribution in [2.24, 2.45) is 0 Å². The molecule has 0 fully saturated rings. The maximum Gasteiger partial charge on any atom is 0.384 e. The Morgan fingerprint density at radius 2 is 1.11 bits per heavy atom. The fourth-order valence-electron chi connectivity index (χ4n) is 1.47. The molecule has 0 unspecified atom stereocenters. The van der Waals surface area contributed by atoms with Crippen molar-refractivity contribution in [3.63, 3.8) is 0 Å². The van der Waals surface area contributed by atoms with E-state index in [9.17, 15) is 0 Å². The van der Waals surface area contributed by atoms with E-state index in [0.717, 1.165) is 11.1 Å². The van der Waals surface area contributed by atoms with Crippen LogP contribution in [-0.2, 0) is 11.8 Å². The molecule has 0 spiro atoms. The molecule has 0 bridgehead atoms. The zero-order valence-electron chi connectivity index (χ0n) is 10.7. The summed E-state index contributed by atoms with van der Waals surface area (Å²) in [5, 5.41) is 0. The van der Waals surface area contributed by atoms with Crippen LogP contribution < -0.4 is 9.05 Å². The lowest BCUT2D eigenvalue weighted by molar-refractivity contribution is 0.505. The number of hydrogen-bond donors (Lipinski definition) is 0. The molecular weight excluding hydrogens is 299 g/mol. The Bertz CT molecular complexity index is 544. The Kier molecular flexibility index (Phi) is 4.51. The predicted octanol–water partition coefficient (Wildman–Crippen LogP) is 5.22. The number of rotatable bonds is 4. The molecule has 2 nitrogen and oxygen atoms in total. The maximum absolute atomic E-state index is 6.17. The lowest BCUT2D eigenvalue weighted by atomic mass is 10.2. The van der Waals surface area contributed by atoms with Crippen molar-refractivity contribution in [1.29, 1.82) is 0 Å². The van der Waals surface area contributed by atoms with Gasteiger partial charge in [-0.25, -0.2) is 0 Å². The lowest BCUT2D eigenvalue weighted by Gasteiger charge is -2.17. The largest absolute Gasteiger partial charge is 0.425 e. The van der Waals surface area contributed by atoms with Crippen LogP contribution in [0.1, 0.15) is 11.1 Å². The molecule has 0 N–H and O–H groups in total. The fraction of sp³-hybridized carbons (Fsp3) is 0.143. The Hall–Kier alpha value is -1.02. The zero-order valence-corrected chi connectivity index (χ0v) is 13.1. The van der Waals surface area contributed by atoms with E-state index < -0.39 is 5.84 Å². The minimum Gasteiger partial charge on any atom is -0.425 e. The molecule has 0 aromatic heterocycles. The molecule has 2 aromatic carbocycles. The highest BCUT2D eigenvalue weighted by Gasteiger charge is 2.18. The van der Waals surface area contributed by atoms with Crippen LogP contribution in [0.4, 0.5) is 0 Å². The van der Waals surface area contributed by atoms with E-state index in [-0.39, 0.29) is 0 Å². The average molecular weight is 313 g/mol. The van der Waals surface area contributed by atoms with E-state index in [1.165, 1.54) is 0 Å². The number of halogens is 1. The first kappa shape index (κ1) is 14.4. The van der Waals surface area contributed by atoms with Gasteiger partial charge in [-0.15, -0.1) is 0 Å². The summed E-state index contributed by atoms with van der Waals surface area (Å²) in [6.07, 6.45) is 0. The summed E-state index contributed by atoms with van der Waals surface area (Å²) >= 11 is 11.4. The summed E-state index contributed by atoms with van der Waals surface area (Å²) in [7, 11) is 0. The standard InChI is InChI=1S/C14H14ClO2PS/c1-11-3-7-13(8-4-11)16-18(15,19)17-14-9-5-12(2)6-10-14/h3-10H,1-2H3. The first-order chi connectivity index (χ1) is 8.94. The van der Waals surface area contributed by atoms with Crippen molar-refractivity contribution in [3.05, 3.63) is 59.7 Å². The molecule has 0 aliphatic carbocycles. The van der Waals surface area contributed by atoms with Crippen LogP contribution in [0.25, 0.3) is 0 Å². The Labute approximate surface area is 123 Å². The van der Waals surface area contributed by atoms with Crippen molar-refractivity contribution in [2.45, 2.75) is 13.8 Å². The van der Waals surface area contributed by atoms with Gasteiger partial charge in [0.2, 0.25) is 0 Å². The van der Waals surface area contributed by atoms with E-state index in [2.05, 4.69) is 0 Å². The Morgan fingerprint density at radius 3 is 1.42 bits per heavy atom. The van der Waals surface area contributed by atoms with Gasteiger partial charge < -0.3 is 9.05 Å².